The number of aryl methyl sites for hydroxylation is 2. The lowest BCUT2D eigenvalue weighted by atomic mass is 9.76. The second-order valence-electron chi connectivity index (χ2n) is 24.1. The van der Waals surface area contributed by atoms with Crippen molar-refractivity contribution in [3.05, 3.63) is 127 Å². The quantitative estimate of drug-likeness (QED) is 0.00212. The number of hydrogen-bond donors (Lipinski definition) is 7. The number of benzene rings is 2. The van der Waals surface area contributed by atoms with E-state index in [1.807, 2.05) is 0 Å². The smallest absolute Gasteiger partial charge is 0.370 e. The van der Waals surface area contributed by atoms with E-state index in [-0.39, 0.29) is 70.5 Å². The molecule has 0 spiro atoms. The zero-order valence-corrected chi connectivity index (χ0v) is 58.4. The number of H-pyrrole nitrogens is 1. The van der Waals surface area contributed by atoms with Crippen LogP contribution in [0.25, 0.3) is 21.5 Å². The molecule has 4 aromatic rings. The Hall–Kier alpha value is -5.59. The average Bonchev–Trinajstić information content (AvgIpc) is 1.61. The fraction of sp³-hybridized carbons (Fsp3) is 0.548. The van der Waals surface area contributed by atoms with Crippen molar-refractivity contribution in [2.45, 2.75) is 174 Å². The second kappa shape index (κ2) is 33.6. The maximum absolute atomic E-state index is 15.1. The molecule has 5 heterocycles. The van der Waals surface area contributed by atoms with Gasteiger partial charge in [0.25, 0.3) is 11.5 Å². The lowest BCUT2D eigenvalue weighted by molar-refractivity contribution is -0.178. The molecule has 2 aromatic carbocycles. The molecule has 1 fully saturated rings. The van der Waals surface area contributed by atoms with E-state index >= 15 is 4.39 Å². The summed E-state index contributed by atoms with van der Waals surface area (Å²) in [6.45, 7) is 17.7. The summed E-state index contributed by atoms with van der Waals surface area (Å²) in [7, 11) is -14.1. The number of Topliss-reactive ketones (excluding diaryl/α,β-unsaturated/α-hetero) is 1. The molecule has 8 N–H and O–H groups in total. The minimum atomic E-state index is -5.90. The number of phosphoric ester groups is 1. The number of allylic oxidation sites excluding steroid dienone is 5. The highest BCUT2D eigenvalue weighted by Crippen LogP contribution is 2.66. The number of nitrogens with zero attached hydrogens (tertiary/aromatic N) is 7. The third-order valence-electron chi connectivity index (χ3n) is 16.2. The number of rotatable bonds is 36. The number of hydrogen-bond acceptors (Lipinski definition) is 19. The van der Waals surface area contributed by atoms with Gasteiger partial charge in [0.1, 0.15) is 24.1 Å². The van der Waals surface area contributed by atoms with Crippen molar-refractivity contribution in [3.8, 4) is 11.8 Å². The highest BCUT2D eigenvalue weighted by molar-refractivity contribution is 8.76. The van der Waals surface area contributed by atoms with Crippen LogP contribution in [0.1, 0.15) is 153 Å². The zero-order chi connectivity index (χ0) is 68.7. The van der Waals surface area contributed by atoms with Crippen LogP contribution in [0, 0.1) is 25.7 Å². The minimum Gasteiger partial charge on any atom is -0.370 e. The Labute approximate surface area is 554 Å². The number of alkyl halides is 1. The maximum atomic E-state index is 15.1. The van der Waals surface area contributed by atoms with E-state index in [1.165, 1.54) is 50.1 Å². The minimum absolute atomic E-state index is 0.0150. The number of fused-ring (bicyclic) bond motifs is 3. The summed E-state index contributed by atoms with van der Waals surface area (Å²) in [5, 5.41) is 5.52. The number of aromatic nitrogens is 3. The van der Waals surface area contributed by atoms with Gasteiger partial charge in [0.15, 0.2) is 5.65 Å². The Kier molecular flexibility index (Phi) is 27.1. The van der Waals surface area contributed by atoms with Gasteiger partial charge in [0.05, 0.1) is 36.2 Å². The van der Waals surface area contributed by atoms with Crippen LogP contribution in [0.5, 0.6) is 0 Å². The molecule has 1 amide bonds. The van der Waals surface area contributed by atoms with Crippen LogP contribution in [0.15, 0.2) is 88.6 Å². The van der Waals surface area contributed by atoms with Gasteiger partial charge in [-0.05, 0) is 99.3 Å². The number of anilines is 3. The highest BCUT2D eigenvalue weighted by Gasteiger charge is 2.47. The summed E-state index contributed by atoms with van der Waals surface area (Å²) < 4.78 is 80.9. The molecule has 1 saturated heterocycles. The van der Waals surface area contributed by atoms with Crippen molar-refractivity contribution in [3.63, 3.8) is 0 Å². The van der Waals surface area contributed by atoms with Crippen molar-refractivity contribution in [1.82, 2.24) is 19.9 Å². The van der Waals surface area contributed by atoms with E-state index in [9.17, 15) is 37.9 Å². The molecule has 94 heavy (non-hydrogen) atoms. The van der Waals surface area contributed by atoms with Gasteiger partial charge in [-0.2, -0.15) is 13.6 Å². The van der Waals surface area contributed by atoms with Crippen LogP contribution in [-0.2, 0) is 61.5 Å². The molecule has 7 rings (SSSR count). The fourth-order valence-electron chi connectivity index (χ4n) is 12.0. The number of halogens is 1. The molecule has 0 aliphatic carbocycles. The summed E-state index contributed by atoms with van der Waals surface area (Å²) in [5.74, 6) is 3.38. The zero-order valence-electron chi connectivity index (χ0n) is 54.1. The molecule has 0 bridgehead atoms. The van der Waals surface area contributed by atoms with Gasteiger partial charge < -0.3 is 59.2 Å². The van der Waals surface area contributed by atoms with Gasteiger partial charge in [-0.3, -0.25) is 23.9 Å². The Morgan fingerprint density at radius 3 is 2.38 bits per heavy atom. The van der Waals surface area contributed by atoms with E-state index in [2.05, 4.69) is 171 Å². The molecule has 3 aliphatic rings. The molecular formula is C62H86FN10O16P3S2. The number of unbranched alkanes of at least 4 members (excludes halogenated alkanes) is 2. The number of ketones is 1. The monoisotopic (exact) mass is 1400 g/mol. The summed E-state index contributed by atoms with van der Waals surface area (Å²) >= 11 is 0. The molecule has 3 aliphatic heterocycles. The SMILES string of the molecule is CCCN1\C(=C/C=C/C=C/C2N(CCC)c3ccc(C)cc3C2(C)C)C(C)(CCCCCC(=O)CCCSSCOCCCC(=O)NCC#Cc2cn([C@H]3CC(O[C@](C)(F)N=[N+]=[N-])[C@@H](COP(=O)(O)OP(=O)(O)OP(=O)(O)O)O3)c3nc(N)[nH]c(=O)c23)c2cc(C)ccc21. The van der Waals surface area contributed by atoms with Crippen LogP contribution in [0.2, 0.25) is 0 Å². The molecule has 26 nitrogen and oxygen atoms in total. The molecule has 514 valence electrons. The lowest BCUT2D eigenvalue weighted by Crippen LogP contribution is -2.40. The largest absolute Gasteiger partial charge is 0.490 e. The standard InChI is InChI=1S/C62H86FN10O16P3S2/c1-9-32-71-48-28-26-42(3)36-46(48)60(5,6)52(71)23-14-11-15-24-53-61(7,47-37-43(4)27-29-49(47)72(53)33-10-2)30-16-12-13-21-45(74)22-19-35-93-94-41-84-34-18-25-54(75)66-31-17-20-44-39-73(57-56(44)58(76)68-59(64)67-57)55-38-50(87-62(8,63)69-70-65)51(86-55)40-85-91(80,81)89-92(82,83)88-90(77,78)79/h11,14-15,23-24,26-29,36-37,39,50-52,55H,9-10,12-13,16,18-19,21-22,25,30-35,38,40-41H2,1-8H3,(H,66,75)(H,80,81)(H,82,83)(H2,77,78,79)(H3,64,67,68,76)/b15-11+,23-14+,53-24-/t50?,51-,52?,55-,61?,62-/m1/s1. The van der Waals surface area contributed by atoms with Gasteiger partial charge >= 0.3 is 23.5 Å². The first-order valence-corrected chi connectivity index (χ1v) is 38.1. The van der Waals surface area contributed by atoms with E-state index in [4.69, 9.17) is 39.8 Å². The van der Waals surface area contributed by atoms with Crippen LogP contribution >= 0.6 is 45.1 Å². The van der Waals surface area contributed by atoms with E-state index in [1.54, 1.807) is 21.6 Å². The van der Waals surface area contributed by atoms with Crippen molar-refractivity contribution >= 4 is 85.1 Å². The lowest BCUT2D eigenvalue weighted by Gasteiger charge is -2.32. The van der Waals surface area contributed by atoms with Crippen LogP contribution in [-0.4, -0.2) is 115 Å². The normalized spacial score (nSPS) is 21.6. The van der Waals surface area contributed by atoms with Crippen LogP contribution in [0.3, 0.4) is 0 Å². The molecule has 32 heteroatoms. The Bertz CT molecular complexity index is 3770. The number of nitrogen functional groups attached to an aromatic ring is 1. The number of nitrogens with one attached hydrogen (secondary N) is 2. The molecular weight excluding hydrogens is 1320 g/mol. The first kappa shape index (κ1) is 75.8. The van der Waals surface area contributed by atoms with Gasteiger partial charge in [0.2, 0.25) is 11.9 Å². The Balaban J connectivity index is 0.804. The van der Waals surface area contributed by atoms with E-state index < -0.39 is 60.0 Å². The number of aromatic amines is 1. The summed E-state index contributed by atoms with van der Waals surface area (Å²) in [4.78, 5) is 90.2. The van der Waals surface area contributed by atoms with Gasteiger partial charge in [-0.1, -0.05) is 134 Å². The number of amides is 1. The summed E-state index contributed by atoms with van der Waals surface area (Å²) in [5.41, 5.74) is 23.1. The predicted molar refractivity (Wildman–Crippen MR) is 362 cm³/mol. The van der Waals surface area contributed by atoms with Crippen molar-refractivity contribution in [2.24, 2.45) is 5.11 Å². The molecule has 5 unspecified atom stereocenters. The second-order valence-corrected chi connectivity index (χ2v) is 31.1. The average molecular weight is 1400 g/mol. The summed E-state index contributed by atoms with van der Waals surface area (Å²) in [6, 6.07) is 14.0. The number of carbonyl (C=O) groups excluding carboxylic acids is 2. The first-order chi connectivity index (χ1) is 44.4. The number of carbonyl (C=O) groups is 2. The fourth-order valence-corrected chi connectivity index (χ4v) is 16.8. The molecule has 2 aromatic heterocycles. The van der Waals surface area contributed by atoms with Gasteiger partial charge in [-0.15, -0.1) is 0 Å². The number of ether oxygens (including phenoxy) is 3. The summed E-state index contributed by atoms with van der Waals surface area (Å²) in [6.07, 6.45) is 16.3. The third-order valence-corrected chi connectivity index (χ3v) is 22.2. The first-order valence-electron chi connectivity index (χ1n) is 31.1. The number of azide groups is 1. The molecule has 0 saturated carbocycles. The highest BCUT2D eigenvalue weighted by atomic mass is 33.1. The van der Waals surface area contributed by atoms with Crippen LogP contribution in [0.4, 0.5) is 21.7 Å². The van der Waals surface area contributed by atoms with Gasteiger partial charge in [-0.25, -0.2) is 18.1 Å². The third kappa shape index (κ3) is 20.7. The maximum Gasteiger partial charge on any atom is 0.490 e. The van der Waals surface area contributed by atoms with Crippen LogP contribution < -0.4 is 26.4 Å². The topological polar surface area (TPSA) is 366 Å². The van der Waals surface area contributed by atoms with Crippen molar-refractivity contribution in [1.29, 1.82) is 0 Å². The molecule has 0 radical (unpaired) electrons. The Morgan fingerprint density at radius 1 is 0.957 bits per heavy atom. The van der Waals surface area contributed by atoms with Crippen molar-refractivity contribution < 1.29 is 74.6 Å². The molecule has 8 atom stereocenters. The Morgan fingerprint density at radius 2 is 1.67 bits per heavy atom. The number of nitrogens with two attached hydrogens (primary N) is 1. The number of phosphoric acid groups is 3. The van der Waals surface area contributed by atoms with E-state index in [0.29, 0.717) is 31.8 Å². The predicted octanol–water partition coefficient (Wildman–Crippen LogP) is 12.6. The van der Waals surface area contributed by atoms with Crippen molar-refractivity contribution in [2.75, 3.05) is 60.1 Å². The van der Waals surface area contributed by atoms with Gasteiger partial charge in [0, 0.05) is 97.1 Å². The van der Waals surface area contributed by atoms with E-state index in [0.717, 1.165) is 70.7 Å².